The van der Waals surface area contributed by atoms with Crippen molar-refractivity contribution in [2.45, 2.75) is 26.8 Å². The molecular formula is C9H16N2. The third-order valence-electron chi connectivity index (χ3n) is 1.85. The lowest BCUT2D eigenvalue weighted by Crippen LogP contribution is -2.05. The average Bonchev–Trinajstić information content (AvgIpc) is 2.26. The van der Waals surface area contributed by atoms with Crippen molar-refractivity contribution < 1.29 is 0 Å². The van der Waals surface area contributed by atoms with E-state index in [9.17, 15) is 0 Å². The van der Waals surface area contributed by atoms with Crippen molar-refractivity contribution in [3.05, 3.63) is 23.5 Å². The molecule has 0 fully saturated rings. The minimum Gasteiger partial charge on any atom is -0.351 e. The Balaban J connectivity index is 2.62. The van der Waals surface area contributed by atoms with Crippen molar-refractivity contribution in [3.63, 3.8) is 0 Å². The van der Waals surface area contributed by atoms with E-state index in [0.717, 1.165) is 19.5 Å². The molecule has 62 valence electrons. The van der Waals surface area contributed by atoms with Gasteiger partial charge in [-0.25, -0.2) is 0 Å². The first-order valence-corrected chi connectivity index (χ1v) is 4.07. The Kier molecular flexibility index (Phi) is 2.71. The van der Waals surface area contributed by atoms with Gasteiger partial charge in [0.15, 0.2) is 0 Å². The van der Waals surface area contributed by atoms with E-state index in [2.05, 4.69) is 30.7 Å². The van der Waals surface area contributed by atoms with Crippen LogP contribution in [0, 0.1) is 13.8 Å². The highest BCUT2D eigenvalue weighted by Gasteiger charge is 1.96. The molecule has 0 unspecified atom stereocenters. The number of nitrogens with two attached hydrogens (primary N) is 1. The van der Waals surface area contributed by atoms with Crippen molar-refractivity contribution in [1.82, 2.24) is 4.57 Å². The third kappa shape index (κ3) is 2.09. The molecule has 0 bridgehead atoms. The zero-order valence-corrected chi connectivity index (χ0v) is 7.30. The molecule has 0 amide bonds. The van der Waals surface area contributed by atoms with Crippen LogP contribution in [-0.4, -0.2) is 11.1 Å². The lowest BCUT2D eigenvalue weighted by atomic mass is 10.3. The van der Waals surface area contributed by atoms with Gasteiger partial charge in [-0.2, -0.15) is 0 Å². The molecule has 0 aromatic carbocycles. The molecule has 0 radical (unpaired) electrons. The van der Waals surface area contributed by atoms with E-state index >= 15 is 0 Å². The summed E-state index contributed by atoms with van der Waals surface area (Å²) in [6, 6.07) is 2.19. The second-order valence-corrected chi connectivity index (χ2v) is 2.99. The first kappa shape index (κ1) is 8.34. The van der Waals surface area contributed by atoms with Crippen LogP contribution in [0.1, 0.15) is 17.7 Å². The Labute approximate surface area is 68.0 Å². The van der Waals surface area contributed by atoms with Gasteiger partial charge in [0.25, 0.3) is 0 Å². The van der Waals surface area contributed by atoms with Crippen LogP contribution >= 0.6 is 0 Å². The third-order valence-corrected chi connectivity index (χ3v) is 1.85. The number of aryl methyl sites for hydroxylation is 3. The zero-order valence-electron chi connectivity index (χ0n) is 7.30. The van der Waals surface area contributed by atoms with Crippen molar-refractivity contribution >= 4 is 0 Å². The lowest BCUT2D eigenvalue weighted by molar-refractivity contribution is 0.639. The van der Waals surface area contributed by atoms with E-state index < -0.39 is 0 Å². The highest BCUT2D eigenvalue weighted by Crippen LogP contribution is 2.06. The second kappa shape index (κ2) is 3.58. The minimum atomic E-state index is 0.774. The lowest BCUT2D eigenvalue weighted by Gasteiger charge is -2.02. The molecule has 0 atom stereocenters. The number of aromatic nitrogens is 1. The van der Waals surface area contributed by atoms with Crippen LogP contribution in [0.5, 0.6) is 0 Å². The maximum Gasteiger partial charge on any atom is 0.0234 e. The van der Waals surface area contributed by atoms with Crippen LogP contribution in [0.15, 0.2) is 12.3 Å². The molecule has 2 heteroatoms. The summed E-state index contributed by atoms with van der Waals surface area (Å²) in [6.45, 7) is 6.07. The van der Waals surface area contributed by atoms with Gasteiger partial charge < -0.3 is 10.3 Å². The van der Waals surface area contributed by atoms with Crippen LogP contribution in [0.4, 0.5) is 0 Å². The molecule has 1 heterocycles. The van der Waals surface area contributed by atoms with E-state index in [0.29, 0.717) is 0 Å². The molecule has 0 aliphatic rings. The van der Waals surface area contributed by atoms with Crippen LogP contribution < -0.4 is 5.73 Å². The van der Waals surface area contributed by atoms with Crippen LogP contribution in [0.25, 0.3) is 0 Å². The van der Waals surface area contributed by atoms with Gasteiger partial charge in [0.05, 0.1) is 0 Å². The van der Waals surface area contributed by atoms with E-state index in [1.54, 1.807) is 0 Å². The van der Waals surface area contributed by atoms with E-state index in [-0.39, 0.29) is 0 Å². The number of hydrogen-bond acceptors (Lipinski definition) is 1. The topological polar surface area (TPSA) is 30.9 Å². The summed E-state index contributed by atoms with van der Waals surface area (Å²) in [5.74, 6) is 0. The van der Waals surface area contributed by atoms with Crippen molar-refractivity contribution in [3.8, 4) is 0 Å². The summed E-state index contributed by atoms with van der Waals surface area (Å²) < 4.78 is 2.25. The summed E-state index contributed by atoms with van der Waals surface area (Å²) in [5.41, 5.74) is 8.08. The Morgan fingerprint density at radius 3 is 2.64 bits per heavy atom. The number of hydrogen-bond donors (Lipinski definition) is 1. The molecule has 2 nitrogen and oxygen atoms in total. The molecule has 1 aromatic rings. The molecule has 0 spiro atoms. The van der Waals surface area contributed by atoms with Gasteiger partial charge in [-0.05, 0) is 38.4 Å². The first-order valence-electron chi connectivity index (χ1n) is 4.07. The Bertz CT molecular complexity index is 225. The number of rotatable bonds is 3. The zero-order chi connectivity index (χ0) is 8.27. The van der Waals surface area contributed by atoms with E-state index in [1.807, 2.05) is 0 Å². The van der Waals surface area contributed by atoms with Gasteiger partial charge in [-0.15, -0.1) is 0 Å². The average molecular weight is 152 g/mol. The summed E-state index contributed by atoms with van der Waals surface area (Å²) in [6.07, 6.45) is 3.24. The predicted octanol–water partition coefficient (Wildman–Crippen LogP) is 1.45. The monoisotopic (exact) mass is 152 g/mol. The fourth-order valence-corrected chi connectivity index (χ4v) is 1.30. The largest absolute Gasteiger partial charge is 0.351 e. The van der Waals surface area contributed by atoms with Crippen LogP contribution in [0.2, 0.25) is 0 Å². The maximum atomic E-state index is 5.42. The van der Waals surface area contributed by atoms with Crippen molar-refractivity contribution in [2.75, 3.05) is 6.54 Å². The van der Waals surface area contributed by atoms with Crippen LogP contribution in [0.3, 0.4) is 0 Å². The molecule has 1 rings (SSSR count). The Hall–Kier alpha value is -0.760. The fraction of sp³-hybridized carbons (Fsp3) is 0.556. The molecule has 0 saturated carbocycles. The Morgan fingerprint density at radius 2 is 2.18 bits per heavy atom. The number of nitrogens with zero attached hydrogens (tertiary/aromatic N) is 1. The summed E-state index contributed by atoms with van der Waals surface area (Å²) in [5, 5.41) is 0. The molecule has 0 aliphatic carbocycles. The predicted molar refractivity (Wildman–Crippen MR) is 47.6 cm³/mol. The molecule has 0 saturated heterocycles. The minimum absolute atomic E-state index is 0.774. The smallest absolute Gasteiger partial charge is 0.0234 e. The first-order chi connectivity index (χ1) is 5.24. The standard InChI is InChI=1S/C9H16N2/c1-8-6-9(2)11(7-8)5-3-4-10/h6-7H,3-5,10H2,1-2H3. The van der Waals surface area contributed by atoms with Gasteiger partial charge in [0.2, 0.25) is 0 Å². The van der Waals surface area contributed by atoms with E-state index in [4.69, 9.17) is 5.73 Å². The second-order valence-electron chi connectivity index (χ2n) is 2.99. The van der Waals surface area contributed by atoms with Gasteiger partial charge in [-0.1, -0.05) is 0 Å². The quantitative estimate of drug-likeness (QED) is 0.698. The summed E-state index contributed by atoms with van der Waals surface area (Å²) >= 11 is 0. The molecular weight excluding hydrogens is 136 g/mol. The Morgan fingerprint density at radius 1 is 1.45 bits per heavy atom. The molecule has 0 aliphatic heterocycles. The normalized spacial score (nSPS) is 10.5. The molecule has 11 heavy (non-hydrogen) atoms. The SMILES string of the molecule is Cc1cc(C)n(CCCN)c1. The van der Waals surface area contributed by atoms with Crippen LogP contribution in [-0.2, 0) is 6.54 Å². The summed E-state index contributed by atoms with van der Waals surface area (Å²) in [7, 11) is 0. The van der Waals surface area contributed by atoms with Gasteiger partial charge in [0, 0.05) is 18.4 Å². The molecule has 1 aromatic heterocycles. The highest BCUT2D eigenvalue weighted by atomic mass is 15.0. The van der Waals surface area contributed by atoms with Gasteiger partial charge >= 0.3 is 0 Å². The fourth-order valence-electron chi connectivity index (χ4n) is 1.30. The van der Waals surface area contributed by atoms with E-state index in [1.165, 1.54) is 11.3 Å². The van der Waals surface area contributed by atoms with Gasteiger partial charge in [0.1, 0.15) is 0 Å². The van der Waals surface area contributed by atoms with Gasteiger partial charge in [-0.3, -0.25) is 0 Å². The maximum absolute atomic E-state index is 5.42. The summed E-state index contributed by atoms with van der Waals surface area (Å²) in [4.78, 5) is 0. The van der Waals surface area contributed by atoms with Crippen molar-refractivity contribution in [1.29, 1.82) is 0 Å². The van der Waals surface area contributed by atoms with Crippen molar-refractivity contribution in [2.24, 2.45) is 5.73 Å². The highest BCUT2D eigenvalue weighted by molar-refractivity contribution is 5.15. The molecule has 2 N–H and O–H groups in total.